The molecular weight excluding hydrogens is 291 g/mol. The largest absolute Gasteiger partial charge is 0.471 e. The van der Waals surface area contributed by atoms with Crippen molar-refractivity contribution in [2.45, 2.75) is 32.5 Å². The molecule has 0 spiro atoms. The van der Waals surface area contributed by atoms with Gasteiger partial charge in [-0.3, -0.25) is 9.59 Å². The lowest BCUT2D eigenvalue weighted by molar-refractivity contribution is -0.174. The molecule has 1 N–H and O–H groups in total. The second-order valence-corrected chi connectivity index (χ2v) is 4.31. The van der Waals surface area contributed by atoms with Gasteiger partial charge in [-0.05, 0) is 12.3 Å². The first kappa shape index (κ1) is 15.4. The molecule has 0 radical (unpaired) electrons. The molecule has 0 aromatic carbocycles. The Balaban J connectivity index is 4.55. The Morgan fingerprint density at radius 1 is 1.31 bits per heavy atom. The van der Waals surface area contributed by atoms with E-state index in [1.54, 1.807) is 19.2 Å². The number of nitrogens with one attached hydrogen (secondary N) is 1. The Morgan fingerprint density at radius 3 is 2.12 bits per heavy atom. The minimum atomic E-state index is -4.96. The summed E-state index contributed by atoms with van der Waals surface area (Å²) in [6.07, 6.45) is -4.77. The Hall–Kier alpha value is -0.590. The summed E-state index contributed by atoms with van der Waals surface area (Å²) in [5.41, 5.74) is 0. The highest BCUT2D eigenvalue weighted by Crippen LogP contribution is 2.16. The van der Waals surface area contributed by atoms with Gasteiger partial charge in [0.25, 0.3) is 0 Å². The summed E-state index contributed by atoms with van der Waals surface area (Å²) >= 11 is 2.86. The summed E-state index contributed by atoms with van der Waals surface area (Å²) in [5.74, 6) is -2.53. The van der Waals surface area contributed by atoms with Gasteiger partial charge in [-0.2, -0.15) is 13.2 Å². The molecule has 1 atom stereocenters. The molecule has 0 aromatic heterocycles. The summed E-state index contributed by atoms with van der Waals surface area (Å²) in [4.78, 5) is 22.0. The zero-order valence-electron chi connectivity index (χ0n) is 8.90. The lowest BCUT2D eigenvalue weighted by Gasteiger charge is -2.19. The van der Waals surface area contributed by atoms with E-state index in [1.165, 1.54) is 0 Å². The second kappa shape index (κ2) is 6.22. The number of Topliss-reactive ketones (excluding diaryl/α,β-unsaturated/α-hetero) is 1. The van der Waals surface area contributed by atoms with E-state index in [9.17, 15) is 22.8 Å². The lowest BCUT2D eigenvalue weighted by Crippen LogP contribution is -2.47. The highest BCUT2D eigenvalue weighted by Gasteiger charge is 2.40. The molecule has 0 rings (SSSR count). The summed E-state index contributed by atoms with van der Waals surface area (Å²) < 4.78 is 35.9. The minimum Gasteiger partial charge on any atom is -0.338 e. The van der Waals surface area contributed by atoms with Crippen LogP contribution in [0.2, 0.25) is 0 Å². The van der Waals surface area contributed by atoms with Gasteiger partial charge < -0.3 is 5.32 Å². The molecule has 0 saturated heterocycles. The van der Waals surface area contributed by atoms with Gasteiger partial charge in [-0.25, -0.2) is 0 Å². The van der Waals surface area contributed by atoms with Crippen LogP contribution in [-0.2, 0) is 9.59 Å². The van der Waals surface area contributed by atoms with E-state index in [0.29, 0.717) is 0 Å². The highest BCUT2D eigenvalue weighted by atomic mass is 79.9. The molecule has 1 amide bonds. The lowest BCUT2D eigenvalue weighted by atomic mass is 10.0. The third kappa shape index (κ3) is 5.48. The number of alkyl halides is 4. The summed E-state index contributed by atoms with van der Waals surface area (Å²) in [6, 6.07) is -1.09. The fraction of sp³-hybridized carbons (Fsp3) is 0.778. The number of ketones is 1. The van der Waals surface area contributed by atoms with Gasteiger partial charge in [0.2, 0.25) is 0 Å². The van der Waals surface area contributed by atoms with Crippen LogP contribution in [0, 0.1) is 5.92 Å². The maximum Gasteiger partial charge on any atom is 0.471 e. The molecular formula is C9H13BrF3NO2. The number of hydrogen-bond donors (Lipinski definition) is 1. The molecule has 0 aliphatic carbocycles. The van der Waals surface area contributed by atoms with Crippen molar-refractivity contribution in [2.75, 3.05) is 5.33 Å². The summed E-state index contributed by atoms with van der Waals surface area (Å²) in [5, 5.41) is 1.61. The predicted molar refractivity (Wildman–Crippen MR) is 56.2 cm³/mol. The molecule has 0 aromatic rings. The van der Waals surface area contributed by atoms with Crippen molar-refractivity contribution in [1.82, 2.24) is 5.32 Å². The van der Waals surface area contributed by atoms with E-state index in [-0.39, 0.29) is 17.7 Å². The smallest absolute Gasteiger partial charge is 0.338 e. The van der Waals surface area contributed by atoms with Gasteiger partial charge in [0.15, 0.2) is 5.78 Å². The van der Waals surface area contributed by atoms with Crippen molar-refractivity contribution in [3.63, 3.8) is 0 Å². The Kier molecular flexibility index (Phi) is 5.99. The van der Waals surface area contributed by atoms with Crippen LogP contribution in [-0.4, -0.2) is 29.2 Å². The maximum atomic E-state index is 12.0. The van der Waals surface area contributed by atoms with Crippen LogP contribution in [0.3, 0.4) is 0 Å². The van der Waals surface area contributed by atoms with E-state index >= 15 is 0 Å². The number of hydrogen-bond acceptors (Lipinski definition) is 2. The van der Waals surface area contributed by atoms with Crippen LogP contribution in [0.5, 0.6) is 0 Å². The monoisotopic (exact) mass is 303 g/mol. The number of carbonyl (C=O) groups excluding carboxylic acids is 2. The topological polar surface area (TPSA) is 46.2 Å². The van der Waals surface area contributed by atoms with E-state index in [0.717, 1.165) is 0 Å². The zero-order valence-corrected chi connectivity index (χ0v) is 10.5. The van der Waals surface area contributed by atoms with Crippen LogP contribution in [0.1, 0.15) is 20.3 Å². The SMILES string of the molecule is CC(C)CC(NC(=O)C(F)(F)F)C(=O)CBr. The van der Waals surface area contributed by atoms with Gasteiger partial charge >= 0.3 is 12.1 Å². The second-order valence-electron chi connectivity index (χ2n) is 3.75. The van der Waals surface area contributed by atoms with Crippen LogP contribution in [0.15, 0.2) is 0 Å². The van der Waals surface area contributed by atoms with E-state index in [1.807, 2.05) is 0 Å². The third-order valence-corrected chi connectivity index (χ3v) is 2.34. The van der Waals surface area contributed by atoms with E-state index in [2.05, 4.69) is 15.9 Å². The van der Waals surface area contributed by atoms with Crippen LogP contribution in [0.25, 0.3) is 0 Å². The standard InChI is InChI=1S/C9H13BrF3NO2/c1-5(2)3-6(7(15)4-10)14-8(16)9(11,12)13/h5-6H,3-4H2,1-2H3,(H,14,16). The zero-order chi connectivity index (χ0) is 12.9. The number of amides is 1. The van der Waals surface area contributed by atoms with Crippen LogP contribution >= 0.6 is 15.9 Å². The van der Waals surface area contributed by atoms with Crippen molar-refractivity contribution >= 4 is 27.6 Å². The van der Waals surface area contributed by atoms with Crippen molar-refractivity contribution in [3.8, 4) is 0 Å². The average Bonchev–Trinajstić information content (AvgIpc) is 2.13. The molecule has 7 heteroatoms. The highest BCUT2D eigenvalue weighted by molar-refractivity contribution is 9.09. The fourth-order valence-corrected chi connectivity index (χ4v) is 1.47. The predicted octanol–water partition coefficient (Wildman–Crippen LogP) is 2.04. The number of halogens is 4. The van der Waals surface area contributed by atoms with Crippen molar-refractivity contribution < 1.29 is 22.8 Å². The van der Waals surface area contributed by atoms with Crippen molar-refractivity contribution in [1.29, 1.82) is 0 Å². The first-order chi connectivity index (χ1) is 7.18. The van der Waals surface area contributed by atoms with Gasteiger partial charge in [0.1, 0.15) is 0 Å². The van der Waals surface area contributed by atoms with Gasteiger partial charge in [0, 0.05) is 0 Å². The molecule has 0 aliphatic heterocycles. The van der Waals surface area contributed by atoms with Crippen LogP contribution < -0.4 is 5.32 Å². The maximum absolute atomic E-state index is 12.0. The number of rotatable bonds is 5. The Bertz CT molecular complexity index is 266. The molecule has 0 heterocycles. The van der Waals surface area contributed by atoms with Crippen molar-refractivity contribution in [2.24, 2.45) is 5.92 Å². The molecule has 94 valence electrons. The molecule has 16 heavy (non-hydrogen) atoms. The van der Waals surface area contributed by atoms with Gasteiger partial charge in [-0.15, -0.1) is 0 Å². The molecule has 0 fully saturated rings. The first-order valence-corrected chi connectivity index (χ1v) is 5.77. The Morgan fingerprint density at radius 2 is 1.81 bits per heavy atom. The fourth-order valence-electron chi connectivity index (χ4n) is 1.08. The molecule has 0 bridgehead atoms. The number of carbonyl (C=O) groups is 2. The molecule has 0 saturated carbocycles. The van der Waals surface area contributed by atoms with Gasteiger partial charge in [0.05, 0.1) is 11.4 Å². The Labute approximate surface area is 99.9 Å². The first-order valence-electron chi connectivity index (χ1n) is 4.64. The van der Waals surface area contributed by atoms with Gasteiger partial charge in [-0.1, -0.05) is 29.8 Å². The quantitative estimate of drug-likeness (QED) is 0.790. The molecule has 1 unspecified atom stereocenters. The minimum absolute atomic E-state index is 0.0153. The van der Waals surface area contributed by atoms with Crippen LogP contribution in [0.4, 0.5) is 13.2 Å². The normalized spacial score (nSPS) is 13.7. The van der Waals surface area contributed by atoms with E-state index in [4.69, 9.17) is 0 Å². The van der Waals surface area contributed by atoms with E-state index < -0.39 is 23.9 Å². The summed E-state index contributed by atoms with van der Waals surface area (Å²) in [6.45, 7) is 3.52. The summed E-state index contributed by atoms with van der Waals surface area (Å²) in [7, 11) is 0. The molecule has 0 aliphatic rings. The van der Waals surface area contributed by atoms with Crippen molar-refractivity contribution in [3.05, 3.63) is 0 Å². The average molecular weight is 304 g/mol. The molecule has 3 nitrogen and oxygen atoms in total. The third-order valence-electron chi connectivity index (χ3n) is 1.79.